The number of thiazole rings is 1. The molecule has 0 spiro atoms. The maximum Gasteiger partial charge on any atom is 0.225 e. The van der Waals surface area contributed by atoms with Crippen LogP contribution in [-0.2, 0) is 4.79 Å². The van der Waals surface area contributed by atoms with Crippen molar-refractivity contribution in [3.05, 3.63) is 18.2 Å². The highest BCUT2D eigenvalue weighted by atomic mass is 32.1. The summed E-state index contributed by atoms with van der Waals surface area (Å²) in [5, 5.41) is 0.753. The molecule has 0 fully saturated rings. The zero-order valence-corrected chi connectivity index (χ0v) is 14.4. The second kappa shape index (κ2) is 7.56. The number of amides is 1. The fraction of sp³-hybridized carbons (Fsp3) is 0.500. The van der Waals surface area contributed by atoms with Crippen molar-refractivity contribution in [2.24, 2.45) is 0 Å². The third kappa shape index (κ3) is 3.75. The zero-order chi connectivity index (χ0) is 16.1. The number of carbonyl (C=O) groups excluding carboxylic acids is 1. The molecule has 6 heteroatoms. The van der Waals surface area contributed by atoms with Crippen molar-refractivity contribution in [1.82, 2.24) is 9.88 Å². The molecular weight excluding hydrogens is 298 g/mol. The number of anilines is 1. The SMILES string of the molecule is CCN(CC)CCN(C(C)=O)c1nc2cc(OC)ccc2s1. The van der Waals surface area contributed by atoms with E-state index in [1.54, 1.807) is 18.9 Å². The second-order valence-corrected chi connectivity index (χ2v) is 6.04. The summed E-state index contributed by atoms with van der Waals surface area (Å²) in [6, 6.07) is 5.80. The number of rotatable bonds is 7. The first-order chi connectivity index (χ1) is 10.6. The van der Waals surface area contributed by atoms with Crippen molar-refractivity contribution in [3.8, 4) is 5.75 Å². The summed E-state index contributed by atoms with van der Waals surface area (Å²) < 4.78 is 6.29. The minimum atomic E-state index is 0.0261. The molecule has 0 atom stereocenters. The number of aromatic nitrogens is 1. The van der Waals surface area contributed by atoms with E-state index in [1.165, 1.54) is 11.3 Å². The Labute approximate surface area is 135 Å². The Balaban J connectivity index is 2.22. The molecule has 0 unspecified atom stereocenters. The fourth-order valence-electron chi connectivity index (χ4n) is 2.31. The van der Waals surface area contributed by atoms with Crippen molar-refractivity contribution in [2.75, 3.05) is 38.2 Å². The Morgan fingerprint density at radius 1 is 1.27 bits per heavy atom. The topological polar surface area (TPSA) is 45.7 Å². The van der Waals surface area contributed by atoms with Crippen molar-refractivity contribution >= 4 is 32.6 Å². The smallest absolute Gasteiger partial charge is 0.225 e. The quantitative estimate of drug-likeness (QED) is 0.786. The van der Waals surface area contributed by atoms with Crippen LogP contribution in [0.1, 0.15) is 20.8 Å². The van der Waals surface area contributed by atoms with Crippen molar-refractivity contribution < 1.29 is 9.53 Å². The maximum absolute atomic E-state index is 12.0. The average Bonchev–Trinajstić information content (AvgIpc) is 2.93. The molecule has 1 amide bonds. The minimum absolute atomic E-state index is 0.0261. The molecule has 0 aliphatic heterocycles. The van der Waals surface area contributed by atoms with Crippen LogP contribution in [0.15, 0.2) is 18.2 Å². The van der Waals surface area contributed by atoms with Gasteiger partial charge in [0.05, 0.1) is 17.3 Å². The summed E-state index contributed by atoms with van der Waals surface area (Å²) in [5.74, 6) is 0.806. The van der Waals surface area contributed by atoms with Crippen LogP contribution in [0, 0.1) is 0 Å². The van der Waals surface area contributed by atoms with Crippen LogP contribution >= 0.6 is 11.3 Å². The summed E-state index contributed by atoms with van der Waals surface area (Å²) in [6.07, 6.45) is 0. The number of ether oxygens (including phenoxy) is 1. The zero-order valence-electron chi connectivity index (χ0n) is 13.6. The monoisotopic (exact) mass is 321 g/mol. The predicted octanol–water partition coefficient (Wildman–Crippen LogP) is 3.00. The highest BCUT2D eigenvalue weighted by Gasteiger charge is 2.17. The molecule has 0 aliphatic rings. The number of likely N-dealkylation sites (N-methyl/N-ethyl adjacent to an activating group) is 1. The standard InChI is InChI=1S/C16H23N3O2S/c1-5-18(6-2)9-10-19(12(3)20)16-17-14-11-13(21-4)7-8-15(14)22-16/h7-8,11H,5-6,9-10H2,1-4H3. The molecule has 0 bridgehead atoms. The van der Waals surface area contributed by atoms with Crippen molar-refractivity contribution in [2.45, 2.75) is 20.8 Å². The molecule has 1 heterocycles. The van der Waals surface area contributed by atoms with E-state index in [0.717, 1.165) is 40.7 Å². The van der Waals surface area contributed by atoms with Gasteiger partial charge in [-0.25, -0.2) is 4.98 Å². The van der Waals surface area contributed by atoms with E-state index in [4.69, 9.17) is 4.74 Å². The van der Waals surface area contributed by atoms with Gasteiger partial charge in [-0.1, -0.05) is 25.2 Å². The van der Waals surface area contributed by atoms with Crippen LogP contribution in [-0.4, -0.2) is 49.1 Å². The molecule has 5 nitrogen and oxygen atoms in total. The van der Waals surface area contributed by atoms with E-state index < -0.39 is 0 Å². The summed E-state index contributed by atoms with van der Waals surface area (Å²) in [7, 11) is 1.64. The molecular formula is C16H23N3O2S. The van der Waals surface area contributed by atoms with Gasteiger partial charge in [0, 0.05) is 26.1 Å². The Morgan fingerprint density at radius 3 is 2.59 bits per heavy atom. The van der Waals surface area contributed by atoms with Gasteiger partial charge in [0.25, 0.3) is 0 Å². The largest absolute Gasteiger partial charge is 0.497 e. The van der Waals surface area contributed by atoms with Gasteiger partial charge in [-0.15, -0.1) is 0 Å². The van der Waals surface area contributed by atoms with E-state index in [9.17, 15) is 4.79 Å². The average molecular weight is 321 g/mol. The fourth-order valence-corrected chi connectivity index (χ4v) is 3.32. The van der Waals surface area contributed by atoms with Crippen molar-refractivity contribution in [3.63, 3.8) is 0 Å². The number of hydrogen-bond acceptors (Lipinski definition) is 5. The number of benzene rings is 1. The molecule has 0 radical (unpaired) electrons. The first-order valence-electron chi connectivity index (χ1n) is 7.54. The van der Waals surface area contributed by atoms with Gasteiger partial charge < -0.3 is 9.64 Å². The third-order valence-corrected chi connectivity index (χ3v) is 4.79. The molecule has 0 aliphatic carbocycles. The van der Waals surface area contributed by atoms with Crippen LogP contribution in [0.2, 0.25) is 0 Å². The van der Waals surface area contributed by atoms with Gasteiger partial charge in [0.2, 0.25) is 5.91 Å². The van der Waals surface area contributed by atoms with Gasteiger partial charge in [-0.05, 0) is 25.2 Å². The summed E-state index contributed by atoms with van der Waals surface area (Å²) in [5.41, 5.74) is 0.869. The van der Waals surface area contributed by atoms with Crippen LogP contribution in [0.4, 0.5) is 5.13 Å². The summed E-state index contributed by atoms with van der Waals surface area (Å²) in [4.78, 5) is 20.6. The molecule has 22 heavy (non-hydrogen) atoms. The number of carbonyl (C=O) groups is 1. The Hall–Kier alpha value is -1.66. The molecule has 1 aromatic heterocycles. The third-order valence-electron chi connectivity index (χ3n) is 3.73. The number of methoxy groups -OCH3 is 1. The molecule has 0 saturated carbocycles. The van der Waals surface area contributed by atoms with Gasteiger partial charge >= 0.3 is 0 Å². The lowest BCUT2D eigenvalue weighted by atomic mass is 10.3. The normalized spacial score (nSPS) is 11.1. The van der Waals surface area contributed by atoms with Crippen LogP contribution in [0.3, 0.4) is 0 Å². The van der Waals surface area contributed by atoms with Gasteiger partial charge in [0.15, 0.2) is 5.13 Å². The van der Waals surface area contributed by atoms with Crippen molar-refractivity contribution in [1.29, 1.82) is 0 Å². The Bertz CT molecular complexity index is 637. The molecule has 0 saturated heterocycles. The van der Waals surface area contributed by atoms with Crippen LogP contribution in [0.5, 0.6) is 5.75 Å². The molecule has 2 rings (SSSR count). The summed E-state index contributed by atoms with van der Waals surface area (Å²) >= 11 is 1.54. The lowest BCUT2D eigenvalue weighted by Crippen LogP contribution is -2.37. The maximum atomic E-state index is 12.0. The lowest BCUT2D eigenvalue weighted by Gasteiger charge is -2.23. The number of hydrogen-bond donors (Lipinski definition) is 0. The van der Waals surface area contributed by atoms with Crippen LogP contribution < -0.4 is 9.64 Å². The summed E-state index contributed by atoms with van der Waals surface area (Å²) in [6.45, 7) is 9.34. The van der Waals surface area contributed by atoms with E-state index >= 15 is 0 Å². The second-order valence-electron chi connectivity index (χ2n) is 5.03. The number of nitrogens with zero attached hydrogens (tertiary/aromatic N) is 3. The van der Waals surface area contributed by atoms with Gasteiger partial charge in [0.1, 0.15) is 5.75 Å². The molecule has 0 N–H and O–H groups in total. The number of fused-ring (bicyclic) bond motifs is 1. The lowest BCUT2D eigenvalue weighted by molar-refractivity contribution is -0.116. The van der Waals surface area contributed by atoms with Gasteiger partial charge in [-0.2, -0.15) is 0 Å². The predicted molar refractivity (Wildman–Crippen MR) is 92.0 cm³/mol. The van der Waals surface area contributed by atoms with E-state index in [-0.39, 0.29) is 5.91 Å². The highest BCUT2D eigenvalue weighted by Crippen LogP contribution is 2.31. The molecule has 120 valence electrons. The van der Waals surface area contributed by atoms with E-state index in [2.05, 4.69) is 23.7 Å². The molecule has 2 aromatic rings. The van der Waals surface area contributed by atoms with E-state index in [1.807, 2.05) is 18.2 Å². The highest BCUT2D eigenvalue weighted by molar-refractivity contribution is 7.22. The Kier molecular flexibility index (Phi) is 5.74. The van der Waals surface area contributed by atoms with E-state index in [0.29, 0.717) is 6.54 Å². The Morgan fingerprint density at radius 2 is 2.00 bits per heavy atom. The first kappa shape index (κ1) is 16.7. The first-order valence-corrected chi connectivity index (χ1v) is 8.35. The van der Waals surface area contributed by atoms with Crippen LogP contribution in [0.25, 0.3) is 10.2 Å². The minimum Gasteiger partial charge on any atom is -0.497 e. The van der Waals surface area contributed by atoms with Gasteiger partial charge in [-0.3, -0.25) is 9.69 Å². The molecule has 1 aromatic carbocycles.